The molecule has 0 atom stereocenters. The summed E-state index contributed by atoms with van der Waals surface area (Å²) in [6.45, 7) is 22.5. The van der Waals surface area contributed by atoms with Crippen LogP contribution in [-0.2, 0) is 10.8 Å². The van der Waals surface area contributed by atoms with Crippen molar-refractivity contribution in [1.82, 2.24) is 24.1 Å². The van der Waals surface area contributed by atoms with Crippen LogP contribution in [0.25, 0.3) is 154 Å². The third-order valence-corrected chi connectivity index (χ3v) is 23.2. The molecule has 2 aliphatic rings. The van der Waals surface area contributed by atoms with E-state index < -0.39 is 0 Å². The zero-order valence-corrected chi connectivity index (χ0v) is 57.4. The van der Waals surface area contributed by atoms with Gasteiger partial charge in [0.05, 0.1) is 16.6 Å². The number of rotatable bonds is 7. The van der Waals surface area contributed by atoms with Gasteiger partial charge in [-0.15, -0.1) is 0 Å². The topological polar surface area (TPSA) is 48.5 Å². The van der Waals surface area contributed by atoms with E-state index in [1.807, 2.05) is 0 Å². The molecular weight excluding hydrogens is 1200 g/mol. The van der Waals surface area contributed by atoms with E-state index in [0.29, 0.717) is 17.5 Å². The quantitative estimate of drug-likeness (QED) is 0.118. The van der Waals surface area contributed by atoms with Crippen molar-refractivity contribution in [1.29, 1.82) is 0 Å². The van der Waals surface area contributed by atoms with Crippen LogP contribution >= 0.6 is 0 Å². The highest BCUT2D eigenvalue weighted by Crippen LogP contribution is 2.51. The molecular formula is C93H70BN5. The number of aryl methyl sites for hydroxylation is 6. The first-order valence-electron chi connectivity index (χ1n) is 35.0. The molecule has 99 heavy (non-hydrogen) atoms. The van der Waals surface area contributed by atoms with Gasteiger partial charge in [0, 0.05) is 76.7 Å². The molecule has 6 heteroatoms. The molecule has 20 rings (SSSR count). The minimum Gasteiger partial charge on any atom is -0.310 e. The predicted octanol–water partition coefficient (Wildman–Crippen LogP) is 21.6. The summed E-state index contributed by atoms with van der Waals surface area (Å²) >= 11 is 0. The smallest absolute Gasteiger partial charge is 0.252 e. The van der Waals surface area contributed by atoms with Gasteiger partial charge in [0.2, 0.25) is 0 Å². The van der Waals surface area contributed by atoms with Crippen LogP contribution in [0.3, 0.4) is 0 Å². The lowest BCUT2D eigenvalue weighted by Gasteiger charge is -2.35. The Morgan fingerprint density at radius 1 is 0.293 bits per heavy atom. The van der Waals surface area contributed by atoms with Gasteiger partial charge in [-0.3, -0.25) is 0 Å². The number of hydrogen-bond acceptors (Lipinski definition) is 3. The summed E-state index contributed by atoms with van der Waals surface area (Å²) in [6.07, 6.45) is 0. The third kappa shape index (κ3) is 7.97. The van der Waals surface area contributed by atoms with Crippen LogP contribution in [0.1, 0.15) is 83.3 Å². The van der Waals surface area contributed by atoms with Crippen LogP contribution in [0.4, 0.5) is 0 Å². The molecule has 0 radical (unpaired) electrons. The number of aromatic nitrogens is 5. The van der Waals surface area contributed by atoms with Gasteiger partial charge < -0.3 is 9.13 Å². The van der Waals surface area contributed by atoms with Crippen molar-refractivity contribution < 1.29 is 0 Å². The van der Waals surface area contributed by atoms with Crippen molar-refractivity contribution in [2.75, 3.05) is 0 Å². The highest BCUT2D eigenvalue weighted by Gasteiger charge is 2.44. The Morgan fingerprint density at radius 2 is 0.697 bits per heavy atom. The second kappa shape index (κ2) is 20.5. The van der Waals surface area contributed by atoms with E-state index in [1.54, 1.807) is 0 Å². The van der Waals surface area contributed by atoms with Crippen LogP contribution in [0, 0.1) is 41.5 Å². The van der Waals surface area contributed by atoms with E-state index in [9.17, 15) is 0 Å². The molecule has 0 aliphatic carbocycles. The van der Waals surface area contributed by atoms with Crippen LogP contribution in [0.2, 0.25) is 0 Å². The Bertz CT molecular complexity index is 6510. The Balaban J connectivity index is 1.02. The normalized spacial score (nSPS) is 12.9. The van der Waals surface area contributed by atoms with Gasteiger partial charge in [0.15, 0.2) is 17.5 Å². The van der Waals surface area contributed by atoms with Crippen molar-refractivity contribution in [2.24, 2.45) is 0 Å². The fraction of sp³-hybridized carbons (Fsp3) is 0.129. The molecule has 0 saturated carbocycles. The largest absolute Gasteiger partial charge is 0.310 e. The molecule has 3 aromatic heterocycles. The van der Waals surface area contributed by atoms with Crippen molar-refractivity contribution in [2.45, 2.75) is 80.1 Å². The van der Waals surface area contributed by atoms with E-state index in [4.69, 9.17) is 15.0 Å². The molecule has 0 unspecified atom stereocenters. The second-order valence-corrected chi connectivity index (χ2v) is 29.7. The van der Waals surface area contributed by atoms with Gasteiger partial charge in [-0.25, -0.2) is 15.0 Å². The Labute approximate surface area is 575 Å². The van der Waals surface area contributed by atoms with Crippen LogP contribution in [0.15, 0.2) is 243 Å². The monoisotopic (exact) mass is 1270 g/mol. The van der Waals surface area contributed by atoms with Crippen LogP contribution in [-0.4, -0.2) is 30.8 Å². The fourth-order valence-corrected chi connectivity index (χ4v) is 18.7. The standard InChI is InChI=1S/C93H70BN5/c1-51-41-53(3)80(54(4)42-51)90-95-89(96-91(97-90)81-55(5)43-52(2)44-56(81)6)57-45-78-86-79(46-57)99-77-40-38-70-66-33-19-17-29-62(66)64-31-21-23-35-68(64)82(70)84(77)85-83-69-36-24-22-32-65(69)63-30-18-20-34-67(63)72(83)50-75(88(85)99)94(86)74-49-61(93(9,10)59-27-15-12-16-28-59)48-73-71-47-60(37-39-76(71)98(78)87(73)74)92(7,8)58-25-13-11-14-26-58/h11-50H,1-10H3. The zero-order chi connectivity index (χ0) is 66.8. The SMILES string of the molecule is Cc1cc(C)c(-c2nc(-c3cc4c5c(c3)-n3c6ccc7c8ccccc8c8ccccc8c7c6c6c7c8ccccc8c8ccccc8c7cc(c63)B5c3cc(C(C)(C)c5ccccc5)cc5c6cc(C(C)(C)c7ccccc7)ccc6n-4c35)nc(-c3c(C)cc(C)cc3C)n2)c(C)c1. The van der Waals surface area contributed by atoms with Crippen molar-refractivity contribution in [3.8, 4) is 45.5 Å². The summed E-state index contributed by atoms with van der Waals surface area (Å²) in [5.41, 5.74) is 25.3. The maximum absolute atomic E-state index is 5.78. The second-order valence-electron chi connectivity index (χ2n) is 29.7. The summed E-state index contributed by atoms with van der Waals surface area (Å²) < 4.78 is 5.35. The molecule has 0 fully saturated rings. The van der Waals surface area contributed by atoms with E-state index >= 15 is 0 Å². The fourth-order valence-electron chi connectivity index (χ4n) is 18.7. The van der Waals surface area contributed by atoms with E-state index in [-0.39, 0.29) is 17.5 Å². The average molecular weight is 1270 g/mol. The Hall–Kier alpha value is -11.5. The van der Waals surface area contributed by atoms with Gasteiger partial charge in [-0.2, -0.15) is 0 Å². The van der Waals surface area contributed by atoms with Crippen LogP contribution < -0.4 is 16.4 Å². The third-order valence-electron chi connectivity index (χ3n) is 23.2. The van der Waals surface area contributed by atoms with Gasteiger partial charge in [-0.1, -0.05) is 245 Å². The van der Waals surface area contributed by atoms with E-state index in [2.05, 4.69) is 321 Å². The maximum atomic E-state index is 5.78. The molecule has 0 N–H and O–H groups in total. The summed E-state index contributed by atoms with van der Waals surface area (Å²) in [5, 5.41) is 20.1. The van der Waals surface area contributed by atoms with Crippen LogP contribution in [0.5, 0.6) is 0 Å². The summed E-state index contributed by atoms with van der Waals surface area (Å²) in [6, 6.07) is 92.8. The van der Waals surface area contributed by atoms with Crippen molar-refractivity contribution in [3.63, 3.8) is 0 Å². The average Bonchev–Trinajstić information content (AvgIpc) is 1.53. The van der Waals surface area contributed by atoms with Crippen molar-refractivity contribution >= 4 is 131 Å². The van der Waals surface area contributed by atoms with Gasteiger partial charge >= 0.3 is 0 Å². The first kappa shape index (κ1) is 57.8. The summed E-state index contributed by atoms with van der Waals surface area (Å²) in [7, 11) is 0. The van der Waals surface area contributed by atoms with Crippen molar-refractivity contribution in [3.05, 3.63) is 298 Å². The Kier molecular flexibility index (Phi) is 12.0. The number of nitrogens with zero attached hydrogens (tertiary/aromatic N) is 5. The molecule has 18 aromatic rings. The van der Waals surface area contributed by atoms with Gasteiger partial charge in [0.25, 0.3) is 6.71 Å². The Morgan fingerprint density at radius 3 is 1.22 bits per heavy atom. The lowest BCUT2D eigenvalue weighted by molar-refractivity contribution is 0.641. The molecule has 0 bridgehead atoms. The molecule has 15 aromatic carbocycles. The number of hydrogen-bond donors (Lipinski definition) is 0. The molecule has 5 heterocycles. The molecule has 5 nitrogen and oxygen atoms in total. The zero-order valence-electron chi connectivity index (χ0n) is 57.4. The molecule has 470 valence electrons. The minimum absolute atomic E-state index is 0.229. The van der Waals surface area contributed by atoms with E-state index in [0.717, 1.165) is 61.4 Å². The molecule has 0 spiro atoms. The highest BCUT2D eigenvalue weighted by molar-refractivity contribution is 7.00. The molecule has 0 amide bonds. The van der Waals surface area contributed by atoms with E-state index in [1.165, 1.54) is 147 Å². The highest BCUT2D eigenvalue weighted by atomic mass is 15.1. The predicted molar refractivity (Wildman–Crippen MR) is 420 cm³/mol. The molecule has 2 aliphatic heterocycles. The first-order chi connectivity index (χ1) is 48.1. The molecule has 0 saturated heterocycles. The summed E-state index contributed by atoms with van der Waals surface area (Å²) in [5.74, 6) is 1.97. The minimum atomic E-state index is -0.384. The van der Waals surface area contributed by atoms with Gasteiger partial charge in [0.1, 0.15) is 0 Å². The number of benzene rings is 15. The lowest BCUT2D eigenvalue weighted by atomic mass is 9.34. The maximum Gasteiger partial charge on any atom is 0.252 e. The lowest BCUT2D eigenvalue weighted by Crippen LogP contribution is -2.59. The summed E-state index contributed by atoms with van der Waals surface area (Å²) in [4.78, 5) is 17.1. The van der Waals surface area contributed by atoms with Gasteiger partial charge in [-0.05, 0) is 193 Å². The number of fused-ring (bicyclic) bond motifs is 24. The first-order valence-corrected chi connectivity index (χ1v) is 35.0.